The molecule has 0 spiro atoms. The van der Waals surface area contributed by atoms with Crippen LogP contribution >= 0.6 is 0 Å². The van der Waals surface area contributed by atoms with Crippen molar-refractivity contribution >= 4 is 11.9 Å². The van der Waals surface area contributed by atoms with Crippen molar-refractivity contribution in [1.29, 1.82) is 0 Å². The summed E-state index contributed by atoms with van der Waals surface area (Å²) in [7, 11) is 0. The summed E-state index contributed by atoms with van der Waals surface area (Å²) in [6, 6.07) is 0.545. The molecule has 0 rings (SSSR count). The minimum atomic E-state index is 0.00846. The molecule has 0 aliphatic carbocycles. The summed E-state index contributed by atoms with van der Waals surface area (Å²) in [5, 5.41) is 6.91. The third-order valence-corrected chi connectivity index (χ3v) is 12.7. The Labute approximate surface area is 393 Å². The summed E-state index contributed by atoms with van der Waals surface area (Å²) < 4.78 is 18.0. The lowest BCUT2D eigenvalue weighted by molar-refractivity contribution is -0.145. The lowest BCUT2D eigenvalue weighted by Crippen LogP contribution is -2.32. The number of carbonyl (C=O) groups is 2. The quantitative estimate of drug-likeness (QED) is 0.0360. The summed E-state index contributed by atoms with van der Waals surface area (Å²) in [6.07, 6.45) is 41.5. The van der Waals surface area contributed by atoms with Crippen molar-refractivity contribution in [2.24, 2.45) is 17.3 Å². The minimum absolute atomic E-state index is 0.00846. The third-order valence-electron chi connectivity index (χ3n) is 12.7. The average Bonchev–Trinajstić information content (AvgIpc) is 3.25. The molecule has 0 aromatic rings. The molecule has 7 heteroatoms. The maximum Gasteiger partial charge on any atom is 0.305 e. The fraction of sp³-hybridized carbons (Fsp3) is 0.929. The van der Waals surface area contributed by atoms with Gasteiger partial charge in [0.1, 0.15) is 0 Å². The molecule has 0 saturated heterocycles. The Kier molecular flexibility index (Phi) is 44.4. The van der Waals surface area contributed by atoms with E-state index in [0.29, 0.717) is 37.3 Å². The number of allylic oxidation sites excluding steroid dienone is 1. The first-order valence-electron chi connectivity index (χ1n) is 27.6. The van der Waals surface area contributed by atoms with Gasteiger partial charge in [0.2, 0.25) is 5.91 Å². The van der Waals surface area contributed by atoms with Crippen molar-refractivity contribution in [2.45, 2.75) is 279 Å². The van der Waals surface area contributed by atoms with Gasteiger partial charge in [-0.1, -0.05) is 190 Å². The summed E-state index contributed by atoms with van der Waals surface area (Å²) in [4.78, 5) is 24.5. The molecule has 2 N–H and O–H groups in total. The lowest BCUT2D eigenvalue weighted by Gasteiger charge is -2.19. The van der Waals surface area contributed by atoms with Crippen LogP contribution in [0.15, 0.2) is 12.3 Å². The summed E-state index contributed by atoms with van der Waals surface area (Å²) in [6.45, 7) is 24.3. The van der Waals surface area contributed by atoms with Gasteiger partial charge >= 0.3 is 5.97 Å². The van der Waals surface area contributed by atoms with Crippen molar-refractivity contribution in [2.75, 3.05) is 39.5 Å². The summed E-state index contributed by atoms with van der Waals surface area (Å²) in [5.74, 6) is 2.39. The Morgan fingerprint density at radius 1 is 0.492 bits per heavy atom. The van der Waals surface area contributed by atoms with Crippen molar-refractivity contribution in [3.8, 4) is 0 Å². The number of amides is 1. The molecule has 1 amide bonds. The zero-order valence-electron chi connectivity index (χ0n) is 43.5. The molecule has 7 nitrogen and oxygen atoms in total. The van der Waals surface area contributed by atoms with E-state index in [1.54, 1.807) is 0 Å². The standard InChI is InChI=1S/C56H110N2O5/c1-9-13-17-28-38-51(36-15-11-3)48-62-50(5)35-27-22-21-24-31-41-53(57-44-46-61-45-34-26-33-43-58-54(59)47-56(6,7)8)40-30-23-19-20-25-32-42-55(60)63-49-52(37-16-12-4)39-29-18-14-10-2/h51-53,57H,5,9-49H2,1-4,6-8H3,(H,58,59). The highest BCUT2D eigenvalue weighted by Crippen LogP contribution is 2.22. The zero-order valence-corrected chi connectivity index (χ0v) is 43.5. The average molecular weight is 892 g/mol. The zero-order chi connectivity index (χ0) is 46.5. The van der Waals surface area contributed by atoms with E-state index in [0.717, 1.165) is 77.2 Å². The van der Waals surface area contributed by atoms with Crippen LogP contribution in [0.25, 0.3) is 0 Å². The maximum atomic E-state index is 12.5. The molecule has 0 aromatic heterocycles. The van der Waals surface area contributed by atoms with E-state index in [1.165, 1.54) is 173 Å². The van der Waals surface area contributed by atoms with Gasteiger partial charge in [0.15, 0.2) is 0 Å². The molecule has 0 heterocycles. The van der Waals surface area contributed by atoms with Crippen LogP contribution in [0.5, 0.6) is 0 Å². The van der Waals surface area contributed by atoms with Gasteiger partial charge in [-0.2, -0.15) is 0 Å². The Hall–Kier alpha value is -1.60. The Bertz CT molecular complexity index is 1010. The van der Waals surface area contributed by atoms with Crippen LogP contribution in [-0.2, 0) is 23.8 Å². The fourth-order valence-corrected chi connectivity index (χ4v) is 8.59. The Morgan fingerprint density at radius 2 is 0.952 bits per heavy atom. The van der Waals surface area contributed by atoms with Gasteiger partial charge in [0.25, 0.3) is 0 Å². The predicted octanol–water partition coefficient (Wildman–Crippen LogP) is 16.2. The SMILES string of the molecule is C=C(CCCCCCCC(CCCCCCCCC(=O)OCC(CCCC)CCCCCC)NCCOCCCCCNC(=O)CC(C)(C)C)OCC(CCCC)CCCCCC. The normalized spacial score (nSPS) is 13.2. The van der Waals surface area contributed by atoms with Crippen LogP contribution in [0, 0.1) is 17.3 Å². The number of hydrogen-bond donors (Lipinski definition) is 2. The number of nitrogens with one attached hydrogen (secondary N) is 2. The first-order chi connectivity index (χ1) is 30.5. The molecule has 0 aromatic carbocycles. The van der Waals surface area contributed by atoms with E-state index >= 15 is 0 Å². The number of carbonyl (C=O) groups excluding carboxylic acids is 2. The topological polar surface area (TPSA) is 85.9 Å². The molecule has 0 aliphatic heterocycles. The van der Waals surface area contributed by atoms with Crippen molar-refractivity contribution in [1.82, 2.24) is 10.6 Å². The molecule has 0 radical (unpaired) electrons. The van der Waals surface area contributed by atoms with Crippen LogP contribution in [0.4, 0.5) is 0 Å². The molecule has 63 heavy (non-hydrogen) atoms. The number of rotatable bonds is 49. The summed E-state index contributed by atoms with van der Waals surface area (Å²) in [5.41, 5.74) is 0.0338. The highest BCUT2D eigenvalue weighted by Gasteiger charge is 2.16. The molecule has 3 unspecified atom stereocenters. The second-order valence-corrected chi connectivity index (χ2v) is 20.6. The number of unbranched alkanes of at least 4 members (excludes halogenated alkanes) is 19. The van der Waals surface area contributed by atoms with Crippen molar-refractivity contribution < 1.29 is 23.8 Å². The van der Waals surface area contributed by atoms with E-state index in [1.807, 2.05) is 0 Å². The van der Waals surface area contributed by atoms with E-state index in [9.17, 15) is 9.59 Å². The molecule has 0 saturated carbocycles. The van der Waals surface area contributed by atoms with E-state index < -0.39 is 0 Å². The van der Waals surface area contributed by atoms with Gasteiger partial charge in [0, 0.05) is 45.0 Å². The molecule has 0 fully saturated rings. The monoisotopic (exact) mass is 891 g/mol. The second kappa shape index (κ2) is 45.6. The van der Waals surface area contributed by atoms with E-state index in [2.05, 4.69) is 65.7 Å². The van der Waals surface area contributed by atoms with Crippen molar-refractivity contribution in [3.05, 3.63) is 12.3 Å². The third kappa shape index (κ3) is 45.3. The van der Waals surface area contributed by atoms with Crippen LogP contribution in [0.2, 0.25) is 0 Å². The molecule has 3 atom stereocenters. The highest BCUT2D eigenvalue weighted by atomic mass is 16.5. The van der Waals surface area contributed by atoms with Gasteiger partial charge < -0.3 is 24.8 Å². The van der Waals surface area contributed by atoms with Crippen LogP contribution in [-0.4, -0.2) is 57.4 Å². The van der Waals surface area contributed by atoms with Crippen LogP contribution in [0.3, 0.4) is 0 Å². The smallest absolute Gasteiger partial charge is 0.305 e. The molecule has 0 bridgehead atoms. The van der Waals surface area contributed by atoms with Gasteiger partial charge in [-0.25, -0.2) is 0 Å². The highest BCUT2D eigenvalue weighted by molar-refractivity contribution is 5.76. The molecule has 0 aliphatic rings. The molecule has 374 valence electrons. The first-order valence-corrected chi connectivity index (χ1v) is 27.6. The van der Waals surface area contributed by atoms with Crippen LogP contribution < -0.4 is 10.6 Å². The number of hydrogen-bond acceptors (Lipinski definition) is 6. The molecular formula is C56H110N2O5. The minimum Gasteiger partial charge on any atom is -0.498 e. The number of esters is 1. The van der Waals surface area contributed by atoms with Crippen molar-refractivity contribution in [3.63, 3.8) is 0 Å². The first kappa shape index (κ1) is 61.4. The summed E-state index contributed by atoms with van der Waals surface area (Å²) >= 11 is 0. The predicted molar refractivity (Wildman–Crippen MR) is 272 cm³/mol. The second-order valence-electron chi connectivity index (χ2n) is 20.6. The number of ether oxygens (including phenoxy) is 3. The van der Waals surface area contributed by atoms with E-state index in [4.69, 9.17) is 14.2 Å². The Morgan fingerprint density at radius 3 is 1.51 bits per heavy atom. The fourth-order valence-electron chi connectivity index (χ4n) is 8.59. The largest absolute Gasteiger partial charge is 0.498 e. The van der Waals surface area contributed by atoms with Gasteiger partial charge in [-0.05, 0) is 87.9 Å². The van der Waals surface area contributed by atoms with E-state index in [-0.39, 0.29) is 17.3 Å². The van der Waals surface area contributed by atoms with Gasteiger partial charge in [-0.15, -0.1) is 0 Å². The van der Waals surface area contributed by atoms with Gasteiger partial charge in [0.05, 0.1) is 25.6 Å². The van der Waals surface area contributed by atoms with Crippen LogP contribution in [0.1, 0.15) is 273 Å². The molecular weight excluding hydrogens is 781 g/mol. The van der Waals surface area contributed by atoms with Gasteiger partial charge in [-0.3, -0.25) is 9.59 Å². The Balaban J connectivity index is 4.48. The lowest BCUT2D eigenvalue weighted by atomic mass is 9.92. The maximum absolute atomic E-state index is 12.5.